The van der Waals surface area contributed by atoms with Gasteiger partial charge in [0.1, 0.15) is 0 Å². The molecule has 6 atom stereocenters. The summed E-state index contributed by atoms with van der Waals surface area (Å²) in [4.78, 5) is 0.655. The van der Waals surface area contributed by atoms with E-state index in [0.717, 1.165) is 5.56 Å². The molecule has 1 unspecified atom stereocenters. The highest BCUT2D eigenvalue weighted by Gasteiger charge is 2.40. The molecule has 6 heteroatoms. The van der Waals surface area contributed by atoms with Crippen molar-refractivity contribution in [3.8, 4) is 0 Å². The van der Waals surface area contributed by atoms with Crippen LogP contribution in [0.2, 0.25) is 0 Å². The first kappa shape index (κ1) is 20.4. The van der Waals surface area contributed by atoms with Crippen LogP contribution in [0.5, 0.6) is 0 Å². The van der Waals surface area contributed by atoms with E-state index in [1.807, 2.05) is 58.9 Å². The first-order chi connectivity index (χ1) is 11.7. The number of benzene rings is 1. The lowest BCUT2D eigenvalue weighted by Gasteiger charge is -2.22. The van der Waals surface area contributed by atoms with E-state index in [4.69, 9.17) is 4.74 Å². The molecule has 25 heavy (non-hydrogen) atoms. The van der Waals surface area contributed by atoms with Gasteiger partial charge < -0.3 is 14.9 Å². The van der Waals surface area contributed by atoms with Crippen LogP contribution >= 0.6 is 0 Å². The number of rotatable bonds is 6. The van der Waals surface area contributed by atoms with Crippen LogP contribution < -0.4 is 0 Å². The summed E-state index contributed by atoms with van der Waals surface area (Å²) in [5.41, 5.74) is 1.09. The van der Waals surface area contributed by atoms with Crippen molar-refractivity contribution in [1.82, 2.24) is 0 Å². The van der Waals surface area contributed by atoms with E-state index >= 15 is 0 Å². The summed E-state index contributed by atoms with van der Waals surface area (Å²) in [5.74, 6) is 0.202. The molecule has 0 spiro atoms. The maximum atomic E-state index is 13.8. The number of aliphatic hydroxyl groups excluding tert-OH is 2. The van der Waals surface area contributed by atoms with E-state index in [2.05, 4.69) is 4.36 Å². The minimum Gasteiger partial charge on any atom is -0.394 e. The third-order valence-corrected chi connectivity index (χ3v) is 7.44. The van der Waals surface area contributed by atoms with Gasteiger partial charge in [-0.1, -0.05) is 38.5 Å². The Kier molecular flexibility index (Phi) is 6.65. The summed E-state index contributed by atoms with van der Waals surface area (Å²) in [6, 6.07) is 7.13. The molecule has 1 aliphatic heterocycles. The van der Waals surface area contributed by atoms with Crippen LogP contribution in [0.1, 0.15) is 33.3 Å². The van der Waals surface area contributed by atoms with Gasteiger partial charge >= 0.3 is 0 Å². The Labute approximate surface area is 151 Å². The molecule has 0 saturated carbocycles. The van der Waals surface area contributed by atoms with Gasteiger partial charge in [0.05, 0.1) is 46.4 Å². The summed E-state index contributed by atoms with van der Waals surface area (Å²) in [6.45, 7) is 9.50. The van der Waals surface area contributed by atoms with E-state index in [1.54, 1.807) is 0 Å². The molecule has 2 N–H and O–H groups in total. The normalized spacial score (nSPS) is 30.2. The third-order valence-electron chi connectivity index (χ3n) is 5.04. The standard InChI is InChI=1S/C19H31NO4S/c1-12(2)17(10-21)20-25(23,16-8-6-13(3)7-9-16)11-18-14(4)19(22)15(5)24-18/h6-9,12,14-15,17-19,21-22H,10-11H2,1-5H3/t14-,15+,17-,18-,19-,25?/m1/s1. The van der Waals surface area contributed by atoms with E-state index in [9.17, 15) is 14.4 Å². The van der Waals surface area contributed by atoms with Gasteiger partial charge in [0.25, 0.3) is 0 Å². The van der Waals surface area contributed by atoms with Crippen LogP contribution in [-0.4, -0.2) is 51.1 Å². The lowest BCUT2D eigenvalue weighted by Crippen LogP contribution is -2.30. The van der Waals surface area contributed by atoms with E-state index in [1.165, 1.54) is 0 Å². The third kappa shape index (κ3) is 4.61. The second-order valence-corrected chi connectivity index (χ2v) is 9.75. The van der Waals surface area contributed by atoms with Crippen molar-refractivity contribution >= 4 is 9.73 Å². The Balaban J connectivity index is 2.44. The second-order valence-electron chi connectivity index (χ2n) is 7.45. The van der Waals surface area contributed by atoms with Crippen LogP contribution in [0, 0.1) is 18.8 Å². The zero-order chi connectivity index (χ0) is 18.8. The van der Waals surface area contributed by atoms with Crippen molar-refractivity contribution in [1.29, 1.82) is 0 Å². The monoisotopic (exact) mass is 369 g/mol. The molecule has 1 aromatic carbocycles. The predicted molar refractivity (Wildman–Crippen MR) is 100 cm³/mol. The molecule has 0 bridgehead atoms. The number of aryl methyl sites for hydroxylation is 1. The number of hydrogen-bond donors (Lipinski definition) is 2. The quantitative estimate of drug-likeness (QED) is 0.808. The van der Waals surface area contributed by atoms with Crippen LogP contribution in [0.4, 0.5) is 0 Å². The molecule has 1 aromatic rings. The highest BCUT2D eigenvalue weighted by Crippen LogP contribution is 2.30. The smallest absolute Gasteiger partial charge is 0.0850 e. The van der Waals surface area contributed by atoms with E-state index in [0.29, 0.717) is 4.90 Å². The SMILES string of the molecule is Cc1ccc(S(=O)(C[C@H]2O[C@@H](C)[C@H](O)[C@@H]2C)=N[C@H](CO)C(C)C)cc1. The fourth-order valence-electron chi connectivity index (χ4n) is 3.08. The summed E-state index contributed by atoms with van der Waals surface area (Å²) in [6.07, 6.45) is -1.17. The number of nitrogens with zero attached hydrogens (tertiary/aromatic N) is 1. The van der Waals surface area contributed by atoms with Gasteiger partial charge in [-0.15, -0.1) is 0 Å². The molecule has 0 aliphatic carbocycles. The lowest BCUT2D eigenvalue weighted by atomic mass is 10.0. The molecule has 5 nitrogen and oxygen atoms in total. The molecule has 1 saturated heterocycles. The van der Waals surface area contributed by atoms with Crippen LogP contribution in [0.25, 0.3) is 0 Å². The number of aliphatic hydroxyl groups is 2. The van der Waals surface area contributed by atoms with Gasteiger partial charge in [-0.2, -0.15) is 0 Å². The summed E-state index contributed by atoms with van der Waals surface area (Å²) in [7, 11) is -2.78. The highest BCUT2D eigenvalue weighted by molar-refractivity contribution is 7.93. The fraction of sp³-hybridized carbons (Fsp3) is 0.684. The molecule has 1 fully saturated rings. The Morgan fingerprint density at radius 3 is 2.28 bits per heavy atom. The molecule has 2 rings (SSSR count). The zero-order valence-electron chi connectivity index (χ0n) is 15.8. The minimum atomic E-state index is -2.78. The summed E-state index contributed by atoms with van der Waals surface area (Å²) >= 11 is 0. The van der Waals surface area contributed by atoms with Crippen LogP contribution in [-0.2, 0) is 14.5 Å². The molecule has 1 heterocycles. The lowest BCUT2D eigenvalue weighted by molar-refractivity contribution is 0.0298. The van der Waals surface area contributed by atoms with Gasteiger partial charge in [-0.25, -0.2) is 8.57 Å². The van der Waals surface area contributed by atoms with Crippen molar-refractivity contribution in [3.05, 3.63) is 29.8 Å². The van der Waals surface area contributed by atoms with E-state index in [-0.39, 0.29) is 36.4 Å². The summed E-state index contributed by atoms with van der Waals surface area (Å²) in [5, 5.41) is 19.8. The second kappa shape index (κ2) is 8.16. The maximum absolute atomic E-state index is 13.8. The largest absolute Gasteiger partial charge is 0.394 e. The average Bonchev–Trinajstić information content (AvgIpc) is 2.80. The van der Waals surface area contributed by atoms with Crippen molar-refractivity contribution in [2.24, 2.45) is 16.2 Å². The van der Waals surface area contributed by atoms with E-state index < -0.39 is 21.9 Å². The molecule has 142 valence electrons. The Morgan fingerprint density at radius 2 is 1.84 bits per heavy atom. The first-order valence-corrected chi connectivity index (χ1v) is 10.6. The molecule has 0 radical (unpaired) electrons. The van der Waals surface area contributed by atoms with Gasteiger partial charge in [0.2, 0.25) is 0 Å². The van der Waals surface area contributed by atoms with Crippen molar-refractivity contribution in [2.75, 3.05) is 12.4 Å². The average molecular weight is 370 g/mol. The van der Waals surface area contributed by atoms with Crippen molar-refractivity contribution in [2.45, 2.75) is 63.9 Å². The maximum Gasteiger partial charge on any atom is 0.0850 e. The topological polar surface area (TPSA) is 79.1 Å². The van der Waals surface area contributed by atoms with Gasteiger partial charge in [-0.05, 0) is 31.9 Å². The fourth-order valence-corrected chi connectivity index (χ4v) is 5.61. The molecule has 1 aliphatic rings. The van der Waals surface area contributed by atoms with Crippen molar-refractivity contribution < 1.29 is 19.2 Å². The van der Waals surface area contributed by atoms with Crippen molar-refractivity contribution in [3.63, 3.8) is 0 Å². The number of hydrogen-bond acceptors (Lipinski definition) is 5. The van der Waals surface area contributed by atoms with Gasteiger partial charge in [0, 0.05) is 10.8 Å². The van der Waals surface area contributed by atoms with Crippen LogP contribution in [0.15, 0.2) is 33.5 Å². The highest BCUT2D eigenvalue weighted by atomic mass is 32.2. The Morgan fingerprint density at radius 1 is 1.24 bits per heavy atom. The summed E-state index contributed by atoms with van der Waals surface area (Å²) < 4.78 is 24.3. The molecule has 0 amide bonds. The molecular weight excluding hydrogens is 338 g/mol. The minimum absolute atomic E-state index is 0.0858. The van der Waals surface area contributed by atoms with Gasteiger partial charge in [0.15, 0.2) is 0 Å². The Bertz CT molecular complexity index is 679. The van der Waals surface area contributed by atoms with Gasteiger partial charge in [-0.3, -0.25) is 0 Å². The Hall–Kier alpha value is -0.950. The first-order valence-electron chi connectivity index (χ1n) is 8.93. The zero-order valence-corrected chi connectivity index (χ0v) is 16.6. The molecular formula is C19H31NO4S. The number of ether oxygens (including phenoxy) is 1. The predicted octanol–water partition coefficient (Wildman–Crippen LogP) is 2.62. The van der Waals surface area contributed by atoms with Crippen LogP contribution in [0.3, 0.4) is 0 Å². The molecule has 0 aromatic heterocycles.